The van der Waals surface area contributed by atoms with Crippen LogP contribution in [0, 0.1) is 11.3 Å². The van der Waals surface area contributed by atoms with Crippen molar-refractivity contribution in [3.8, 4) is 6.07 Å². The SMILES string of the molecule is CC(CCN)SCCS(=O)(=O)c1cccc(C#N)c1. The molecule has 0 bridgehead atoms. The monoisotopic (exact) mass is 298 g/mol. The van der Waals surface area contributed by atoms with Crippen LogP contribution in [-0.4, -0.2) is 31.7 Å². The molecule has 0 radical (unpaired) electrons. The van der Waals surface area contributed by atoms with Crippen molar-refractivity contribution in [1.29, 1.82) is 5.26 Å². The van der Waals surface area contributed by atoms with Gasteiger partial charge in [0, 0.05) is 11.0 Å². The summed E-state index contributed by atoms with van der Waals surface area (Å²) in [6.45, 7) is 2.66. The Morgan fingerprint density at radius 2 is 2.21 bits per heavy atom. The second-order valence-electron chi connectivity index (χ2n) is 4.22. The van der Waals surface area contributed by atoms with Gasteiger partial charge in [-0.1, -0.05) is 13.0 Å². The van der Waals surface area contributed by atoms with Crippen molar-refractivity contribution in [2.75, 3.05) is 18.1 Å². The maximum Gasteiger partial charge on any atom is 0.179 e. The van der Waals surface area contributed by atoms with E-state index >= 15 is 0 Å². The van der Waals surface area contributed by atoms with Crippen molar-refractivity contribution < 1.29 is 8.42 Å². The Balaban J connectivity index is 2.63. The van der Waals surface area contributed by atoms with Crippen LogP contribution in [0.3, 0.4) is 0 Å². The summed E-state index contributed by atoms with van der Waals surface area (Å²) >= 11 is 1.61. The van der Waals surface area contributed by atoms with Crippen LogP contribution in [0.1, 0.15) is 18.9 Å². The number of rotatable bonds is 7. The Morgan fingerprint density at radius 3 is 2.84 bits per heavy atom. The molecule has 0 aliphatic rings. The summed E-state index contributed by atoms with van der Waals surface area (Å²) < 4.78 is 24.2. The molecule has 6 heteroatoms. The van der Waals surface area contributed by atoms with Gasteiger partial charge in [0.25, 0.3) is 0 Å². The average Bonchev–Trinajstić information content (AvgIpc) is 2.39. The lowest BCUT2D eigenvalue weighted by molar-refractivity contribution is 0.597. The van der Waals surface area contributed by atoms with Gasteiger partial charge in [-0.3, -0.25) is 0 Å². The normalized spacial score (nSPS) is 12.9. The number of nitriles is 1. The van der Waals surface area contributed by atoms with Crippen LogP contribution in [0.15, 0.2) is 29.2 Å². The van der Waals surface area contributed by atoms with E-state index < -0.39 is 9.84 Å². The molecule has 0 spiro atoms. The number of nitrogens with zero attached hydrogens (tertiary/aromatic N) is 1. The lowest BCUT2D eigenvalue weighted by Gasteiger charge is -2.10. The molecule has 0 aliphatic heterocycles. The molecule has 0 saturated heterocycles. The third-order valence-corrected chi connectivity index (χ3v) is 5.87. The van der Waals surface area contributed by atoms with Crippen molar-refractivity contribution >= 4 is 21.6 Å². The van der Waals surface area contributed by atoms with Gasteiger partial charge in [-0.05, 0) is 31.2 Å². The van der Waals surface area contributed by atoms with Crippen molar-refractivity contribution in [2.45, 2.75) is 23.5 Å². The van der Waals surface area contributed by atoms with Crippen molar-refractivity contribution in [2.24, 2.45) is 5.73 Å². The first-order valence-electron chi connectivity index (χ1n) is 6.04. The molecule has 0 saturated carbocycles. The van der Waals surface area contributed by atoms with Crippen LogP contribution in [0.4, 0.5) is 0 Å². The number of hydrogen-bond donors (Lipinski definition) is 1. The zero-order valence-electron chi connectivity index (χ0n) is 10.9. The van der Waals surface area contributed by atoms with Crippen LogP contribution in [-0.2, 0) is 9.84 Å². The number of benzene rings is 1. The zero-order chi connectivity index (χ0) is 14.3. The smallest absolute Gasteiger partial charge is 0.179 e. The molecular formula is C13H18N2O2S2. The van der Waals surface area contributed by atoms with Gasteiger partial charge in [0.1, 0.15) is 0 Å². The van der Waals surface area contributed by atoms with Gasteiger partial charge < -0.3 is 5.73 Å². The van der Waals surface area contributed by atoms with E-state index in [0.717, 1.165) is 6.42 Å². The molecule has 1 aromatic rings. The van der Waals surface area contributed by atoms with Crippen molar-refractivity contribution in [1.82, 2.24) is 0 Å². The molecule has 0 heterocycles. The Kier molecular flexibility index (Phi) is 6.35. The van der Waals surface area contributed by atoms with Crippen LogP contribution in [0.25, 0.3) is 0 Å². The topological polar surface area (TPSA) is 84.0 Å². The van der Waals surface area contributed by atoms with Gasteiger partial charge in [-0.15, -0.1) is 0 Å². The molecule has 4 nitrogen and oxygen atoms in total. The predicted molar refractivity (Wildman–Crippen MR) is 78.8 cm³/mol. The molecule has 1 unspecified atom stereocenters. The summed E-state index contributed by atoms with van der Waals surface area (Å²) in [5.41, 5.74) is 5.81. The Bertz CT molecular complexity index is 550. The lowest BCUT2D eigenvalue weighted by atomic mass is 10.2. The third kappa shape index (κ3) is 5.23. The molecule has 0 aromatic heterocycles. The van der Waals surface area contributed by atoms with Crippen LogP contribution in [0.2, 0.25) is 0 Å². The second-order valence-corrected chi connectivity index (χ2v) is 7.87. The maximum atomic E-state index is 12.1. The first-order valence-corrected chi connectivity index (χ1v) is 8.74. The minimum Gasteiger partial charge on any atom is -0.330 e. The number of nitrogens with two attached hydrogens (primary N) is 1. The van der Waals surface area contributed by atoms with E-state index in [-0.39, 0.29) is 10.6 Å². The standard InChI is InChI=1S/C13H18N2O2S2/c1-11(5-6-14)18-7-8-19(16,17)13-4-2-3-12(9-13)10-15/h2-4,9,11H,5-8,14H2,1H3. The van der Waals surface area contributed by atoms with E-state index in [9.17, 15) is 8.42 Å². The molecular weight excluding hydrogens is 280 g/mol. The molecule has 0 fully saturated rings. The summed E-state index contributed by atoms with van der Waals surface area (Å²) in [6.07, 6.45) is 0.884. The lowest BCUT2D eigenvalue weighted by Crippen LogP contribution is -2.12. The van der Waals surface area contributed by atoms with E-state index in [0.29, 0.717) is 23.1 Å². The average molecular weight is 298 g/mol. The Hall–Kier alpha value is -1.03. The first kappa shape index (κ1) is 16.0. The Morgan fingerprint density at radius 1 is 1.47 bits per heavy atom. The molecule has 0 amide bonds. The highest BCUT2D eigenvalue weighted by Crippen LogP contribution is 2.17. The van der Waals surface area contributed by atoms with Gasteiger partial charge in [-0.25, -0.2) is 8.42 Å². The molecule has 1 atom stereocenters. The fraction of sp³-hybridized carbons (Fsp3) is 0.462. The van der Waals surface area contributed by atoms with E-state index in [1.54, 1.807) is 23.9 Å². The quantitative estimate of drug-likeness (QED) is 0.830. The van der Waals surface area contributed by atoms with Gasteiger partial charge in [0.05, 0.1) is 22.3 Å². The van der Waals surface area contributed by atoms with Crippen molar-refractivity contribution in [3.05, 3.63) is 29.8 Å². The van der Waals surface area contributed by atoms with Gasteiger partial charge in [0.15, 0.2) is 9.84 Å². The highest BCUT2D eigenvalue weighted by Gasteiger charge is 2.15. The maximum absolute atomic E-state index is 12.1. The summed E-state index contributed by atoms with van der Waals surface area (Å²) in [5.74, 6) is 0.627. The number of thioether (sulfide) groups is 1. The van der Waals surface area contributed by atoms with E-state index in [4.69, 9.17) is 11.0 Å². The Labute approximate surface area is 118 Å². The fourth-order valence-electron chi connectivity index (χ4n) is 1.55. The first-order chi connectivity index (χ1) is 8.99. The fourth-order valence-corrected chi connectivity index (χ4v) is 4.35. The van der Waals surface area contributed by atoms with Crippen molar-refractivity contribution in [3.63, 3.8) is 0 Å². The van der Waals surface area contributed by atoms with E-state index in [1.165, 1.54) is 12.1 Å². The minimum absolute atomic E-state index is 0.0848. The molecule has 1 aromatic carbocycles. The summed E-state index contributed by atoms with van der Waals surface area (Å²) in [6, 6.07) is 8.09. The zero-order valence-corrected chi connectivity index (χ0v) is 12.5. The van der Waals surface area contributed by atoms with Gasteiger partial charge >= 0.3 is 0 Å². The summed E-state index contributed by atoms with van der Waals surface area (Å²) in [4.78, 5) is 0.221. The third-order valence-electron chi connectivity index (χ3n) is 2.65. The van der Waals surface area contributed by atoms with E-state index in [1.807, 2.05) is 13.0 Å². The summed E-state index contributed by atoms with van der Waals surface area (Å²) in [7, 11) is -3.31. The highest BCUT2D eigenvalue weighted by molar-refractivity contribution is 8.01. The predicted octanol–water partition coefficient (Wildman–Crippen LogP) is 1.80. The molecule has 0 aliphatic carbocycles. The van der Waals surface area contributed by atoms with E-state index in [2.05, 4.69) is 0 Å². The highest BCUT2D eigenvalue weighted by atomic mass is 32.2. The van der Waals surface area contributed by atoms with Crippen LogP contribution < -0.4 is 5.73 Å². The van der Waals surface area contributed by atoms with Gasteiger partial charge in [-0.2, -0.15) is 17.0 Å². The molecule has 104 valence electrons. The van der Waals surface area contributed by atoms with Gasteiger partial charge in [0.2, 0.25) is 0 Å². The number of hydrogen-bond acceptors (Lipinski definition) is 5. The molecule has 19 heavy (non-hydrogen) atoms. The molecule has 1 rings (SSSR count). The molecule has 2 N–H and O–H groups in total. The summed E-state index contributed by atoms with van der Waals surface area (Å²) in [5, 5.41) is 9.14. The minimum atomic E-state index is -3.31. The van der Waals surface area contributed by atoms with Crippen LogP contribution >= 0.6 is 11.8 Å². The largest absolute Gasteiger partial charge is 0.330 e. The van der Waals surface area contributed by atoms with Crippen LogP contribution in [0.5, 0.6) is 0 Å². The number of sulfone groups is 1. The second kappa shape index (κ2) is 7.53.